The minimum absolute atomic E-state index is 0.528. The molecule has 0 bridgehead atoms. The van der Waals surface area contributed by atoms with Gasteiger partial charge in [0.25, 0.3) is 0 Å². The van der Waals surface area contributed by atoms with Crippen molar-refractivity contribution in [1.82, 2.24) is 5.32 Å². The summed E-state index contributed by atoms with van der Waals surface area (Å²) >= 11 is 5.42. The fraction of sp³-hybridized carbons (Fsp3) is 0.562. The second-order valence-electron chi connectivity index (χ2n) is 5.77. The predicted molar refractivity (Wildman–Crippen MR) is 86.7 cm³/mol. The Kier molecular flexibility index (Phi) is 4.81. The molecule has 0 heterocycles. The molecule has 0 amide bonds. The van der Waals surface area contributed by atoms with Crippen molar-refractivity contribution in [3.8, 4) is 0 Å². The van der Waals surface area contributed by atoms with Crippen LogP contribution in [0.5, 0.6) is 0 Å². The largest absolute Gasteiger partial charge is 0.359 e. The molecule has 0 saturated heterocycles. The molecule has 1 aliphatic rings. The average Bonchev–Trinajstić information content (AvgIpc) is 2.37. The molecular weight excluding hydrogens is 252 g/mol. The average molecular weight is 276 g/mol. The maximum atomic E-state index is 5.42. The molecule has 1 aromatic rings. The van der Waals surface area contributed by atoms with E-state index in [4.69, 9.17) is 12.2 Å². The summed E-state index contributed by atoms with van der Waals surface area (Å²) in [5.74, 6) is 0.716. The van der Waals surface area contributed by atoms with Gasteiger partial charge in [-0.2, -0.15) is 0 Å². The van der Waals surface area contributed by atoms with Gasteiger partial charge < -0.3 is 10.6 Å². The Balaban J connectivity index is 1.91. The van der Waals surface area contributed by atoms with Crippen LogP contribution in [0.3, 0.4) is 0 Å². The van der Waals surface area contributed by atoms with E-state index in [1.165, 1.54) is 36.8 Å². The normalized spacial score (nSPS) is 22.9. The highest BCUT2D eigenvalue weighted by Crippen LogP contribution is 2.23. The molecule has 1 saturated carbocycles. The third-order valence-electron chi connectivity index (χ3n) is 4.19. The van der Waals surface area contributed by atoms with Crippen LogP contribution in [0.15, 0.2) is 18.2 Å². The van der Waals surface area contributed by atoms with Gasteiger partial charge in [-0.05, 0) is 68.1 Å². The smallest absolute Gasteiger partial charge is 0.171 e. The van der Waals surface area contributed by atoms with Gasteiger partial charge in [0.2, 0.25) is 0 Å². The van der Waals surface area contributed by atoms with Gasteiger partial charge in [-0.25, -0.2) is 0 Å². The van der Waals surface area contributed by atoms with Crippen molar-refractivity contribution in [1.29, 1.82) is 0 Å². The van der Waals surface area contributed by atoms with Crippen molar-refractivity contribution >= 4 is 23.0 Å². The SMILES string of the molecule is Cc1ccc(NC(=S)N[C@H]2CCCC[C@H]2C)cc1C. The number of hydrogen-bond acceptors (Lipinski definition) is 1. The molecule has 104 valence electrons. The number of rotatable bonds is 2. The highest BCUT2D eigenvalue weighted by molar-refractivity contribution is 7.80. The highest BCUT2D eigenvalue weighted by atomic mass is 32.1. The standard InChI is InChI=1S/C16H24N2S/c1-11-8-9-14(10-13(11)3)17-16(19)18-15-7-5-4-6-12(15)2/h8-10,12,15H,4-7H2,1-3H3,(H2,17,18,19)/t12-,15+/m1/s1. The monoisotopic (exact) mass is 276 g/mol. The van der Waals surface area contributed by atoms with Gasteiger partial charge in [0, 0.05) is 11.7 Å². The van der Waals surface area contributed by atoms with Gasteiger partial charge in [0.05, 0.1) is 0 Å². The van der Waals surface area contributed by atoms with Gasteiger partial charge in [-0.15, -0.1) is 0 Å². The van der Waals surface area contributed by atoms with Crippen LogP contribution < -0.4 is 10.6 Å². The van der Waals surface area contributed by atoms with E-state index in [1.54, 1.807) is 0 Å². The summed E-state index contributed by atoms with van der Waals surface area (Å²) in [7, 11) is 0. The summed E-state index contributed by atoms with van der Waals surface area (Å²) in [5, 5.41) is 7.52. The molecule has 3 heteroatoms. The fourth-order valence-corrected chi connectivity index (χ4v) is 2.95. The zero-order valence-electron chi connectivity index (χ0n) is 12.1. The molecule has 1 aromatic carbocycles. The minimum atomic E-state index is 0.528. The van der Waals surface area contributed by atoms with E-state index in [0.29, 0.717) is 12.0 Å². The predicted octanol–water partition coefficient (Wildman–Crippen LogP) is 4.17. The zero-order chi connectivity index (χ0) is 13.8. The van der Waals surface area contributed by atoms with E-state index in [0.717, 1.165) is 10.8 Å². The van der Waals surface area contributed by atoms with Gasteiger partial charge in [-0.1, -0.05) is 25.8 Å². The molecule has 2 atom stereocenters. The maximum absolute atomic E-state index is 5.42. The van der Waals surface area contributed by atoms with Crippen molar-refractivity contribution in [2.75, 3.05) is 5.32 Å². The van der Waals surface area contributed by atoms with Gasteiger partial charge in [0.15, 0.2) is 5.11 Å². The first-order chi connectivity index (χ1) is 9.06. The molecule has 0 spiro atoms. The van der Waals surface area contributed by atoms with Crippen LogP contribution in [0.2, 0.25) is 0 Å². The van der Waals surface area contributed by atoms with Crippen molar-refractivity contribution < 1.29 is 0 Å². The second-order valence-corrected chi connectivity index (χ2v) is 6.17. The molecule has 1 aliphatic carbocycles. The topological polar surface area (TPSA) is 24.1 Å². The fourth-order valence-electron chi connectivity index (χ4n) is 2.69. The van der Waals surface area contributed by atoms with Gasteiger partial charge in [0.1, 0.15) is 0 Å². The lowest BCUT2D eigenvalue weighted by Crippen LogP contribution is -2.43. The van der Waals surface area contributed by atoms with E-state index < -0.39 is 0 Å². The zero-order valence-corrected chi connectivity index (χ0v) is 12.9. The molecule has 0 aliphatic heterocycles. The van der Waals surface area contributed by atoms with Crippen LogP contribution in [-0.2, 0) is 0 Å². The summed E-state index contributed by atoms with van der Waals surface area (Å²) in [6.07, 6.45) is 5.21. The first-order valence-electron chi connectivity index (χ1n) is 7.21. The molecule has 0 aromatic heterocycles. The molecule has 0 radical (unpaired) electrons. The Labute approximate surface area is 122 Å². The number of thiocarbonyl (C=S) groups is 1. The molecule has 0 unspecified atom stereocenters. The van der Waals surface area contributed by atoms with Gasteiger partial charge in [-0.3, -0.25) is 0 Å². The van der Waals surface area contributed by atoms with E-state index in [1.807, 2.05) is 0 Å². The summed E-state index contributed by atoms with van der Waals surface area (Å²) in [4.78, 5) is 0. The van der Waals surface area contributed by atoms with E-state index in [9.17, 15) is 0 Å². The Bertz CT molecular complexity index is 456. The molecule has 1 fully saturated rings. The quantitative estimate of drug-likeness (QED) is 0.793. The Morgan fingerprint density at radius 2 is 1.89 bits per heavy atom. The Morgan fingerprint density at radius 3 is 2.58 bits per heavy atom. The van der Waals surface area contributed by atoms with Crippen LogP contribution in [0.1, 0.15) is 43.7 Å². The van der Waals surface area contributed by atoms with E-state index >= 15 is 0 Å². The second kappa shape index (κ2) is 6.38. The summed E-state index contributed by atoms with van der Waals surface area (Å²) < 4.78 is 0. The molecule has 2 nitrogen and oxygen atoms in total. The summed E-state index contributed by atoms with van der Waals surface area (Å²) in [5.41, 5.74) is 3.67. The van der Waals surface area contributed by atoms with Crippen LogP contribution in [-0.4, -0.2) is 11.2 Å². The number of aryl methyl sites for hydroxylation is 2. The van der Waals surface area contributed by atoms with Crippen LogP contribution in [0.4, 0.5) is 5.69 Å². The molecule has 2 N–H and O–H groups in total. The molecular formula is C16H24N2S. The van der Waals surface area contributed by atoms with Crippen molar-refractivity contribution in [3.05, 3.63) is 29.3 Å². The third kappa shape index (κ3) is 3.93. The highest BCUT2D eigenvalue weighted by Gasteiger charge is 2.21. The first-order valence-corrected chi connectivity index (χ1v) is 7.62. The first kappa shape index (κ1) is 14.3. The van der Waals surface area contributed by atoms with E-state index in [2.05, 4.69) is 49.6 Å². The number of anilines is 1. The summed E-state index contributed by atoms with van der Waals surface area (Å²) in [6.45, 7) is 6.56. The van der Waals surface area contributed by atoms with Crippen molar-refractivity contribution in [2.45, 2.75) is 52.5 Å². The van der Waals surface area contributed by atoms with Crippen LogP contribution in [0, 0.1) is 19.8 Å². The number of benzene rings is 1. The Morgan fingerprint density at radius 1 is 1.16 bits per heavy atom. The number of hydrogen-bond donors (Lipinski definition) is 2. The van der Waals surface area contributed by atoms with Crippen LogP contribution in [0.25, 0.3) is 0 Å². The van der Waals surface area contributed by atoms with Crippen molar-refractivity contribution in [3.63, 3.8) is 0 Å². The van der Waals surface area contributed by atoms with E-state index in [-0.39, 0.29) is 0 Å². The van der Waals surface area contributed by atoms with Gasteiger partial charge >= 0.3 is 0 Å². The van der Waals surface area contributed by atoms with Crippen molar-refractivity contribution in [2.24, 2.45) is 5.92 Å². The lowest BCUT2D eigenvalue weighted by molar-refractivity contribution is 0.309. The minimum Gasteiger partial charge on any atom is -0.359 e. The molecule has 19 heavy (non-hydrogen) atoms. The lowest BCUT2D eigenvalue weighted by Gasteiger charge is -2.30. The Hall–Kier alpha value is -1.09. The third-order valence-corrected chi connectivity index (χ3v) is 4.41. The van der Waals surface area contributed by atoms with Crippen LogP contribution >= 0.6 is 12.2 Å². The lowest BCUT2D eigenvalue weighted by atomic mass is 9.86. The molecule has 2 rings (SSSR count). The summed E-state index contributed by atoms with van der Waals surface area (Å²) in [6, 6.07) is 6.89. The maximum Gasteiger partial charge on any atom is 0.171 e. The number of nitrogens with one attached hydrogen (secondary N) is 2.